The van der Waals surface area contributed by atoms with Crippen molar-refractivity contribution < 1.29 is 14.3 Å². The summed E-state index contributed by atoms with van der Waals surface area (Å²) < 4.78 is 10.5. The van der Waals surface area contributed by atoms with Crippen LogP contribution in [0.15, 0.2) is 36.4 Å². The van der Waals surface area contributed by atoms with Crippen molar-refractivity contribution >= 4 is 11.6 Å². The van der Waals surface area contributed by atoms with Gasteiger partial charge in [0, 0.05) is 5.69 Å². The van der Waals surface area contributed by atoms with Crippen molar-refractivity contribution in [1.82, 2.24) is 0 Å². The van der Waals surface area contributed by atoms with Gasteiger partial charge in [-0.2, -0.15) is 0 Å². The Labute approximate surface area is 124 Å². The average molecular weight is 285 g/mol. The number of rotatable bonds is 4. The molecule has 0 aliphatic heterocycles. The van der Waals surface area contributed by atoms with Gasteiger partial charge in [-0.25, -0.2) is 0 Å². The van der Waals surface area contributed by atoms with Crippen molar-refractivity contribution in [3.05, 3.63) is 53.1 Å². The number of hydrogen-bond acceptors (Lipinski definition) is 3. The maximum absolute atomic E-state index is 12.4. The normalized spacial score (nSPS) is 10.1. The zero-order valence-electron chi connectivity index (χ0n) is 12.7. The monoisotopic (exact) mass is 285 g/mol. The van der Waals surface area contributed by atoms with Crippen molar-refractivity contribution in [1.29, 1.82) is 0 Å². The number of amides is 1. The van der Waals surface area contributed by atoms with Gasteiger partial charge >= 0.3 is 0 Å². The number of hydrogen-bond donors (Lipinski definition) is 1. The first kappa shape index (κ1) is 14.9. The molecule has 0 bridgehead atoms. The molecule has 0 spiro atoms. The Morgan fingerprint density at radius 1 is 1.00 bits per heavy atom. The van der Waals surface area contributed by atoms with Gasteiger partial charge in [0.1, 0.15) is 0 Å². The van der Waals surface area contributed by atoms with Crippen molar-refractivity contribution in [2.24, 2.45) is 0 Å². The molecule has 110 valence electrons. The summed E-state index contributed by atoms with van der Waals surface area (Å²) in [4.78, 5) is 12.4. The van der Waals surface area contributed by atoms with Crippen molar-refractivity contribution in [2.75, 3.05) is 19.5 Å². The molecule has 1 amide bonds. The van der Waals surface area contributed by atoms with E-state index in [0.29, 0.717) is 17.1 Å². The molecular weight excluding hydrogens is 266 g/mol. The third-order valence-electron chi connectivity index (χ3n) is 3.41. The maximum atomic E-state index is 12.4. The molecule has 2 aromatic carbocycles. The van der Waals surface area contributed by atoms with Crippen LogP contribution >= 0.6 is 0 Å². The number of benzene rings is 2. The van der Waals surface area contributed by atoms with Gasteiger partial charge in [-0.1, -0.05) is 12.1 Å². The largest absolute Gasteiger partial charge is 0.493 e. The van der Waals surface area contributed by atoms with E-state index in [1.54, 1.807) is 25.3 Å². The molecule has 0 saturated heterocycles. The molecule has 2 aromatic rings. The Kier molecular flexibility index (Phi) is 4.48. The summed E-state index contributed by atoms with van der Waals surface area (Å²) >= 11 is 0. The lowest BCUT2D eigenvalue weighted by atomic mass is 10.1. The highest BCUT2D eigenvalue weighted by atomic mass is 16.5. The van der Waals surface area contributed by atoms with E-state index in [1.807, 2.05) is 32.0 Å². The predicted molar refractivity (Wildman–Crippen MR) is 83.4 cm³/mol. The zero-order chi connectivity index (χ0) is 15.4. The van der Waals surface area contributed by atoms with Crippen molar-refractivity contribution in [2.45, 2.75) is 13.8 Å². The Morgan fingerprint density at radius 2 is 1.76 bits per heavy atom. The Balaban J connectivity index is 2.30. The molecule has 0 aromatic heterocycles. The van der Waals surface area contributed by atoms with Crippen LogP contribution < -0.4 is 14.8 Å². The topological polar surface area (TPSA) is 47.6 Å². The molecular formula is C17H19NO3. The number of aryl methyl sites for hydroxylation is 2. The van der Waals surface area contributed by atoms with Crippen molar-refractivity contribution in [3.8, 4) is 11.5 Å². The average Bonchev–Trinajstić information content (AvgIpc) is 2.49. The molecule has 1 N–H and O–H groups in total. The number of ether oxygens (including phenoxy) is 2. The van der Waals surface area contributed by atoms with Crippen LogP contribution in [0.1, 0.15) is 21.5 Å². The second kappa shape index (κ2) is 6.31. The van der Waals surface area contributed by atoms with E-state index in [9.17, 15) is 4.79 Å². The summed E-state index contributed by atoms with van der Waals surface area (Å²) in [5.41, 5.74) is 3.51. The minimum absolute atomic E-state index is 0.228. The second-order valence-corrected chi connectivity index (χ2v) is 4.79. The van der Waals surface area contributed by atoms with Crippen molar-refractivity contribution in [3.63, 3.8) is 0 Å². The van der Waals surface area contributed by atoms with Gasteiger partial charge in [-0.05, 0) is 49.2 Å². The summed E-state index contributed by atoms with van der Waals surface area (Å²) in [5.74, 6) is 0.737. The third-order valence-corrected chi connectivity index (χ3v) is 3.41. The van der Waals surface area contributed by atoms with Gasteiger partial charge in [-0.3, -0.25) is 4.79 Å². The van der Waals surface area contributed by atoms with Crippen LogP contribution in [0.2, 0.25) is 0 Å². The first-order valence-corrected chi connectivity index (χ1v) is 6.66. The van der Waals surface area contributed by atoms with Crippen LogP contribution in [0.3, 0.4) is 0 Å². The molecule has 4 heteroatoms. The first-order chi connectivity index (χ1) is 10.1. The van der Waals surface area contributed by atoms with Gasteiger partial charge in [-0.15, -0.1) is 0 Å². The van der Waals surface area contributed by atoms with Gasteiger partial charge in [0.25, 0.3) is 5.91 Å². The SMILES string of the molecule is COc1cccc(C(=O)Nc2ccc(C)c(C)c2)c1OC. The van der Waals surface area contributed by atoms with E-state index in [2.05, 4.69) is 5.32 Å². The van der Waals surface area contributed by atoms with Gasteiger partial charge in [0.15, 0.2) is 11.5 Å². The van der Waals surface area contributed by atoms with Gasteiger partial charge < -0.3 is 14.8 Å². The van der Waals surface area contributed by atoms with Gasteiger partial charge in [0.05, 0.1) is 19.8 Å². The number of methoxy groups -OCH3 is 2. The molecule has 2 rings (SSSR count). The summed E-state index contributed by atoms with van der Waals surface area (Å²) in [7, 11) is 3.06. The van der Waals surface area contributed by atoms with E-state index in [4.69, 9.17) is 9.47 Å². The molecule has 4 nitrogen and oxygen atoms in total. The van der Waals surface area contributed by atoms with E-state index in [-0.39, 0.29) is 5.91 Å². The predicted octanol–water partition coefficient (Wildman–Crippen LogP) is 3.57. The quantitative estimate of drug-likeness (QED) is 0.934. The minimum atomic E-state index is -0.228. The Morgan fingerprint density at radius 3 is 2.38 bits per heavy atom. The van der Waals surface area contributed by atoms with E-state index in [0.717, 1.165) is 11.3 Å². The van der Waals surface area contributed by atoms with Gasteiger partial charge in [0.2, 0.25) is 0 Å². The molecule has 0 unspecified atom stereocenters. The van der Waals surface area contributed by atoms with Crippen LogP contribution in [0, 0.1) is 13.8 Å². The fourth-order valence-corrected chi connectivity index (χ4v) is 2.08. The lowest BCUT2D eigenvalue weighted by Crippen LogP contribution is -2.13. The molecule has 0 fully saturated rings. The zero-order valence-corrected chi connectivity index (χ0v) is 12.7. The molecule has 0 atom stereocenters. The smallest absolute Gasteiger partial charge is 0.259 e. The van der Waals surface area contributed by atoms with Crippen LogP contribution in [0.25, 0.3) is 0 Å². The van der Waals surface area contributed by atoms with E-state index >= 15 is 0 Å². The Hall–Kier alpha value is -2.49. The summed E-state index contributed by atoms with van der Waals surface area (Å²) in [6.07, 6.45) is 0. The third kappa shape index (κ3) is 3.16. The molecule has 0 radical (unpaired) electrons. The standard InChI is InChI=1S/C17H19NO3/c1-11-8-9-13(10-12(11)2)18-17(19)14-6-5-7-15(20-3)16(14)21-4/h5-10H,1-4H3,(H,18,19). The van der Waals surface area contributed by atoms with Crippen LogP contribution in [-0.2, 0) is 0 Å². The maximum Gasteiger partial charge on any atom is 0.259 e. The summed E-state index contributed by atoms with van der Waals surface area (Å²) in [5, 5.41) is 2.88. The number of para-hydroxylation sites is 1. The second-order valence-electron chi connectivity index (χ2n) is 4.79. The van der Waals surface area contributed by atoms with E-state index in [1.165, 1.54) is 12.7 Å². The molecule has 0 saturated carbocycles. The first-order valence-electron chi connectivity index (χ1n) is 6.66. The molecule has 0 aliphatic rings. The highest BCUT2D eigenvalue weighted by Gasteiger charge is 2.16. The van der Waals surface area contributed by atoms with E-state index < -0.39 is 0 Å². The lowest BCUT2D eigenvalue weighted by molar-refractivity contribution is 0.102. The fraction of sp³-hybridized carbons (Fsp3) is 0.235. The number of nitrogens with one attached hydrogen (secondary N) is 1. The minimum Gasteiger partial charge on any atom is -0.493 e. The Bertz CT molecular complexity index is 665. The molecule has 0 aliphatic carbocycles. The highest BCUT2D eigenvalue weighted by molar-refractivity contribution is 6.06. The molecule has 21 heavy (non-hydrogen) atoms. The highest BCUT2D eigenvalue weighted by Crippen LogP contribution is 2.31. The van der Waals surface area contributed by atoms with Crippen LogP contribution in [0.5, 0.6) is 11.5 Å². The summed E-state index contributed by atoms with van der Waals surface area (Å²) in [6.45, 7) is 4.04. The molecule has 0 heterocycles. The summed E-state index contributed by atoms with van der Waals surface area (Å²) in [6, 6.07) is 11.0. The van der Waals surface area contributed by atoms with Crippen LogP contribution in [0.4, 0.5) is 5.69 Å². The van der Waals surface area contributed by atoms with Crippen LogP contribution in [-0.4, -0.2) is 20.1 Å². The lowest BCUT2D eigenvalue weighted by Gasteiger charge is -2.13. The number of carbonyl (C=O) groups excluding carboxylic acids is 1. The fourth-order valence-electron chi connectivity index (χ4n) is 2.08. The number of carbonyl (C=O) groups is 1. The number of anilines is 1.